The fourth-order valence-electron chi connectivity index (χ4n) is 1.88. The van der Waals surface area contributed by atoms with Gasteiger partial charge in [-0.1, -0.05) is 18.2 Å². The number of carbonyl (C=O) groups is 2. The Morgan fingerprint density at radius 1 is 1.25 bits per heavy atom. The minimum Gasteiger partial charge on any atom is -0.480 e. The monoisotopic (exact) mass is 274 g/mol. The number of aromatic nitrogens is 1. The summed E-state index contributed by atoms with van der Waals surface area (Å²) in [4.78, 5) is 28.6. The van der Waals surface area contributed by atoms with Gasteiger partial charge in [0.15, 0.2) is 5.89 Å². The smallest absolute Gasteiger partial charge is 0.323 e. The Labute approximate surface area is 115 Å². The molecule has 1 aromatic heterocycles. The maximum absolute atomic E-state index is 12.4. The fraction of sp³-hybridized carbons (Fsp3) is 0.214. The molecule has 104 valence electrons. The summed E-state index contributed by atoms with van der Waals surface area (Å²) in [5, 5.41) is 8.98. The van der Waals surface area contributed by atoms with E-state index in [4.69, 9.17) is 9.52 Å². The van der Waals surface area contributed by atoms with Gasteiger partial charge in [0.1, 0.15) is 6.54 Å². The molecule has 0 aliphatic heterocycles. The van der Waals surface area contributed by atoms with Crippen molar-refractivity contribution >= 4 is 17.6 Å². The summed E-state index contributed by atoms with van der Waals surface area (Å²) in [5.41, 5.74) is 0.937. The third-order valence-electron chi connectivity index (χ3n) is 2.70. The largest absolute Gasteiger partial charge is 0.480 e. The number of hydrogen-bond acceptors (Lipinski definition) is 4. The molecule has 0 unspecified atom stereocenters. The number of amides is 1. The maximum atomic E-state index is 12.4. The van der Waals surface area contributed by atoms with Gasteiger partial charge in [0.05, 0.1) is 5.69 Å². The molecule has 1 amide bonds. The van der Waals surface area contributed by atoms with Crippen molar-refractivity contribution in [3.63, 3.8) is 0 Å². The number of aryl methyl sites for hydroxylation is 2. The summed E-state index contributed by atoms with van der Waals surface area (Å²) in [6, 6.07) is 8.58. The highest BCUT2D eigenvalue weighted by Gasteiger charge is 2.25. The van der Waals surface area contributed by atoms with Crippen LogP contribution < -0.4 is 4.90 Å². The number of carboxylic acids is 1. The first-order valence-corrected chi connectivity index (χ1v) is 6.01. The highest BCUT2D eigenvalue weighted by atomic mass is 16.4. The van der Waals surface area contributed by atoms with Gasteiger partial charge in [-0.05, 0) is 19.1 Å². The first-order valence-electron chi connectivity index (χ1n) is 6.01. The number of carbonyl (C=O) groups excluding carboxylic acids is 1. The quantitative estimate of drug-likeness (QED) is 0.922. The molecule has 0 fully saturated rings. The normalized spacial score (nSPS) is 10.3. The van der Waals surface area contributed by atoms with E-state index in [0.717, 1.165) is 4.90 Å². The molecule has 0 spiro atoms. The van der Waals surface area contributed by atoms with Crippen LogP contribution in [0.3, 0.4) is 0 Å². The second-order valence-electron chi connectivity index (χ2n) is 4.27. The molecule has 0 saturated carbocycles. The van der Waals surface area contributed by atoms with Gasteiger partial charge >= 0.3 is 5.97 Å². The van der Waals surface area contributed by atoms with Crippen molar-refractivity contribution in [3.05, 3.63) is 47.7 Å². The van der Waals surface area contributed by atoms with E-state index in [2.05, 4.69) is 4.98 Å². The Morgan fingerprint density at radius 2 is 1.90 bits per heavy atom. The molecule has 0 aliphatic carbocycles. The van der Waals surface area contributed by atoms with Crippen LogP contribution in [0.25, 0.3) is 0 Å². The first kappa shape index (κ1) is 13.8. The van der Waals surface area contributed by atoms with Crippen molar-refractivity contribution < 1.29 is 19.1 Å². The van der Waals surface area contributed by atoms with Crippen LogP contribution in [0.2, 0.25) is 0 Å². The Morgan fingerprint density at radius 3 is 2.40 bits per heavy atom. The maximum Gasteiger partial charge on any atom is 0.323 e. The first-order chi connectivity index (χ1) is 9.49. The number of anilines is 1. The summed E-state index contributed by atoms with van der Waals surface area (Å²) in [7, 11) is 0. The number of hydrogen-bond donors (Lipinski definition) is 1. The van der Waals surface area contributed by atoms with Crippen LogP contribution >= 0.6 is 0 Å². The van der Waals surface area contributed by atoms with E-state index >= 15 is 0 Å². The molecule has 0 radical (unpaired) electrons. The molecular formula is C14H14N2O4. The average Bonchev–Trinajstić information content (AvgIpc) is 2.75. The summed E-state index contributed by atoms with van der Waals surface area (Å²) in [6.07, 6.45) is 0. The Balaban J connectivity index is 2.39. The Bertz CT molecular complexity index is 634. The van der Waals surface area contributed by atoms with Gasteiger partial charge in [-0.2, -0.15) is 0 Å². The Kier molecular flexibility index (Phi) is 3.84. The summed E-state index contributed by atoms with van der Waals surface area (Å²) in [5.74, 6) is -1.19. The number of oxazole rings is 1. The van der Waals surface area contributed by atoms with Gasteiger partial charge in [0.25, 0.3) is 5.91 Å². The highest BCUT2D eigenvalue weighted by Crippen LogP contribution is 2.19. The summed E-state index contributed by atoms with van der Waals surface area (Å²) < 4.78 is 5.26. The van der Waals surface area contributed by atoms with Crippen LogP contribution in [0, 0.1) is 13.8 Å². The minimum atomic E-state index is -1.10. The van der Waals surface area contributed by atoms with E-state index in [9.17, 15) is 9.59 Å². The third-order valence-corrected chi connectivity index (χ3v) is 2.70. The predicted molar refractivity (Wildman–Crippen MR) is 71.7 cm³/mol. The van der Waals surface area contributed by atoms with Crippen LogP contribution in [0.15, 0.2) is 34.7 Å². The van der Waals surface area contributed by atoms with Crippen molar-refractivity contribution in [1.82, 2.24) is 4.98 Å². The van der Waals surface area contributed by atoms with Crippen LogP contribution in [0.5, 0.6) is 0 Å². The standard InChI is InChI=1S/C14H14N2O4/c1-9-13(20-10(2)15-9)14(19)16(8-12(17)18)11-6-4-3-5-7-11/h3-7H,8H2,1-2H3,(H,17,18). The van der Waals surface area contributed by atoms with Crippen molar-refractivity contribution in [1.29, 1.82) is 0 Å². The number of carboxylic acid groups (broad SMARTS) is 1. The van der Waals surface area contributed by atoms with Gasteiger partial charge in [-0.15, -0.1) is 0 Å². The average molecular weight is 274 g/mol. The van der Waals surface area contributed by atoms with Gasteiger partial charge < -0.3 is 9.52 Å². The van der Waals surface area contributed by atoms with Gasteiger partial charge in [0.2, 0.25) is 5.76 Å². The lowest BCUT2D eigenvalue weighted by molar-refractivity contribution is -0.135. The molecule has 0 saturated heterocycles. The molecule has 20 heavy (non-hydrogen) atoms. The minimum absolute atomic E-state index is 0.0626. The zero-order chi connectivity index (χ0) is 14.7. The highest BCUT2D eigenvalue weighted by molar-refractivity contribution is 6.07. The molecule has 0 atom stereocenters. The number of para-hydroxylation sites is 1. The van der Waals surface area contributed by atoms with E-state index in [-0.39, 0.29) is 5.76 Å². The molecule has 1 aromatic carbocycles. The van der Waals surface area contributed by atoms with E-state index in [1.807, 2.05) is 0 Å². The number of aliphatic carboxylic acids is 1. The molecule has 6 heteroatoms. The predicted octanol–water partition coefficient (Wildman–Crippen LogP) is 2.02. The molecule has 6 nitrogen and oxygen atoms in total. The molecule has 0 bridgehead atoms. The zero-order valence-corrected chi connectivity index (χ0v) is 11.2. The van der Waals surface area contributed by atoms with Crippen molar-refractivity contribution in [2.24, 2.45) is 0 Å². The number of benzene rings is 1. The van der Waals surface area contributed by atoms with Crippen molar-refractivity contribution in [2.75, 3.05) is 11.4 Å². The number of nitrogens with zero attached hydrogens (tertiary/aromatic N) is 2. The van der Waals surface area contributed by atoms with Gasteiger partial charge in [-0.25, -0.2) is 4.98 Å². The van der Waals surface area contributed by atoms with Gasteiger partial charge in [0, 0.05) is 12.6 Å². The van der Waals surface area contributed by atoms with Crippen LogP contribution in [0.4, 0.5) is 5.69 Å². The molecule has 1 heterocycles. The van der Waals surface area contributed by atoms with E-state index in [0.29, 0.717) is 17.3 Å². The summed E-state index contributed by atoms with van der Waals surface area (Å²) >= 11 is 0. The van der Waals surface area contributed by atoms with E-state index < -0.39 is 18.4 Å². The third kappa shape index (κ3) is 2.85. The van der Waals surface area contributed by atoms with Crippen LogP contribution in [-0.4, -0.2) is 28.5 Å². The topological polar surface area (TPSA) is 83.6 Å². The zero-order valence-electron chi connectivity index (χ0n) is 11.2. The molecule has 1 N–H and O–H groups in total. The molecule has 0 aliphatic rings. The molecular weight excluding hydrogens is 260 g/mol. The second kappa shape index (κ2) is 5.56. The van der Waals surface area contributed by atoms with E-state index in [1.165, 1.54) is 0 Å². The van der Waals surface area contributed by atoms with Crippen molar-refractivity contribution in [3.8, 4) is 0 Å². The second-order valence-corrected chi connectivity index (χ2v) is 4.27. The lowest BCUT2D eigenvalue weighted by atomic mass is 10.2. The molecule has 2 rings (SSSR count). The lowest BCUT2D eigenvalue weighted by Gasteiger charge is -2.19. The fourth-order valence-corrected chi connectivity index (χ4v) is 1.88. The molecule has 2 aromatic rings. The van der Waals surface area contributed by atoms with E-state index in [1.54, 1.807) is 44.2 Å². The number of rotatable bonds is 4. The van der Waals surface area contributed by atoms with Gasteiger partial charge in [-0.3, -0.25) is 14.5 Å². The van der Waals surface area contributed by atoms with Crippen LogP contribution in [-0.2, 0) is 4.79 Å². The lowest BCUT2D eigenvalue weighted by Crippen LogP contribution is -2.35. The summed E-state index contributed by atoms with van der Waals surface area (Å²) in [6.45, 7) is 2.84. The Hall–Kier alpha value is -2.63. The van der Waals surface area contributed by atoms with Crippen molar-refractivity contribution in [2.45, 2.75) is 13.8 Å². The SMILES string of the molecule is Cc1nc(C)c(C(=O)N(CC(=O)O)c2ccccc2)o1. The van der Waals surface area contributed by atoms with Crippen LogP contribution in [0.1, 0.15) is 22.1 Å².